The van der Waals surface area contributed by atoms with E-state index in [9.17, 15) is 14.4 Å². The van der Waals surface area contributed by atoms with Gasteiger partial charge in [0.2, 0.25) is 0 Å². The second-order valence-electron chi connectivity index (χ2n) is 11.3. The molecule has 11 nitrogen and oxygen atoms in total. The van der Waals surface area contributed by atoms with Crippen molar-refractivity contribution in [2.24, 2.45) is 11.5 Å². The predicted octanol–water partition coefficient (Wildman–Crippen LogP) is 6.11. The Balaban J connectivity index is 0.000000529. The minimum Gasteiger partial charge on any atom is -0.497 e. The molecule has 49 heavy (non-hydrogen) atoms. The summed E-state index contributed by atoms with van der Waals surface area (Å²) in [5.41, 5.74) is 15.8. The van der Waals surface area contributed by atoms with E-state index in [1.807, 2.05) is 55.5 Å². The van der Waals surface area contributed by atoms with Gasteiger partial charge >= 0.3 is 12.1 Å². The lowest BCUT2D eigenvalue weighted by Gasteiger charge is -2.29. The van der Waals surface area contributed by atoms with E-state index >= 15 is 0 Å². The van der Waals surface area contributed by atoms with Gasteiger partial charge in [-0.05, 0) is 52.9 Å². The molecule has 0 radical (unpaired) electrons. The quantitative estimate of drug-likeness (QED) is 0.142. The van der Waals surface area contributed by atoms with E-state index in [0.29, 0.717) is 29.2 Å². The molecule has 5 rings (SSSR count). The number of unbranched alkanes of at least 4 members (excludes halogenated alkanes) is 1. The number of nitrogens with two attached hydrogens (primary N) is 2. The highest BCUT2D eigenvalue weighted by Crippen LogP contribution is 2.52. The van der Waals surface area contributed by atoms with Gasteiger partial charge < -0.3 is 35.5 Å². The first kappa shape index (κ1) is 36.4. The van der Waals surface area contributed by atoms with Gasteiger partial charge in [0, 0.05) is 11.6 Å². The van der Waals surface area contributed by atoms with Gasteiger partial charge in [-0.1, -0.05) is 86.5 Å². The molecule has 0 bridgehead atoms. The van der Waals surface area contributed by atoms with E-state index in [2.05, 4.69) is 12.1 Å². The first-order valence-electron chi connectivity index (χ1n) is 16.0. The molecule has 0 spiro atoms. The summed E-state index contributed by atoms with van der Waals surface area (Å²) in [5.74, 6) is -0.311. The second kappa shape index (κ2) is 17.7. The number of para-hydroxylation sites is 1. The van der Waals surface area contributed by atoms with Crippen LogP contribution in [0.3, 0.4) is 0 Å². The number of carbonyl (C=O) groups is 3. The lowest BCUT2D eigenvalue weighted by atomic mass is 9.86. The summed E-state index contributed by atoms with van der Waals surface area (Å²) < 4.78 is 22.8. The summed E-state index contributed by atoms with van der Waals surface area (Å²) in [4.78, 5) is 37.5. The first-order chi connectivity index (χ1) is 23.7. The predicted molar refractivity (Wildman–Crippen MR) is 185 cm³/mol. The molecule has 1 aliphatic carbocycles. The van der Waals surface area contributed by atoms with E-state index in [4.69, 9.17) is 35.5 Å². The summed E-state index contributed by atoms with van der Waals surface area (Å²) in [6.07, 6.45) is 0.754. The van der Waals surface area contributed by atoms with Crippen LogP contribution in [0.5, 0.6) is 17.2 Å². The largest absolute Gasteiger partial charge is 0.497 e. The number of rotatable bonds is 13. The summed E-state index contributed by atoms with van der Waals surface area (Å²) in [6, 6.07) is 29.6. The summed E-state index contributed by atoms with van der Waals surface area (Å²) in [7, 11) is 3.11. The Bertz CT molecular complexity index is 1670. The average molecular weight is 670 g/mol. The molecule has 5 N–H and O–H groups in total. The van der Waals surface area contributed by atoms with Crippen LogP contribution >= 0.6 is 0 Å². The molecule has 0 fully saturated rings. The molecule has 4 aromatic rings. The van der Waals surface area contributed by atoms with Crippen molar-refractivity contribution in [2.45, 2.75) is 44.2 Å². The third kappa shape index (κ3) is 8.95. The third-order valence-corrected chi connectivity index (χ3v) is 8.15. The van der Waals surface area contributed by atoms with Gasteiger partial charge in [0.15, 0.2) is 6.61 Å². The van der Waals surface area contributed by atoms with Crippen LogP contribution in [0.2, 0.25) is 0 Å². The van der Waals surface area contributed by atoms with Crippen LogP contribution in [0.25, 0.3) is 11.1 Å². The van der Waals surface area contributed by atoms with Crippen LogP contribution in [0.15, 0.2) is 97.1 Å². The average Bonchev–Trinajstić information content (AvgIpc) is 3.46. The van der Waals surface area contributed by atoms with Gasteiger partial charge in [0.05, 0.1) is 26.8 Å². The lowest BCUT2D eigenvalue weighted by molar-refractivity contribution is -0.138. The Labute approximate surface area is 286 Å². The van der Waals surface area contributed by atoms with Crippen LogP contribution in [0, 0.1) is 0 Å². The van der Waals surface area contributed by atoms with Crippen molar-refractivity contribution in [3.8, 4) is 28.4 Å². The summed E-state index contributed by atoms with van der Waals surface area (Å²) >= 11 is 0. The zero-order valence-electron chi connectivity index (χ0n) is 27.9. The van der Waals surface area contributed by atoms with E-state index in [0.717, 1.165) is 40.0 Å². The number of methoxy groups -OCH3 is 2. The van der Waals surface area contributed by atoms with Crippen LogP contribution in [-0.2, 0) is 14.3 Å². The molecule has 2 amide bonds. The monoisotopic (exact) mass is 669 g/mol. The fourth-order valence-corrected chi connectivity index (χ4v) is 5.62. The maximum atomic E-state index is 13.6. The number of carboxylic acids is 1. The highest BCUT2D eigenvalue weighted by Gasteiger charge is 2.40. The van der Waals surface area contributed by atoms with Crippen molar-refractivity contribution >= 4 is 18.0 Å². The molecular formula is C38H43N3O8. The topological polar surface area (TPSA) is 164 Å². The SMILES string of the molecule is CCCC[C@H](N)C(=O)O.COc1ccc(C(OC(=O)N(CN)C(=O)COc2ccccc2)C2c3ccccc3-c3ccccc32)c(OC)c1. The molecule has 0 aromatic heterocycles. The number of imide groups is 1. The number of ether oxygens (including phenoxy) is 4. The lowest BCUT2D eigenvalue weighted by Crippen LogP contribution is -2.44. The van der Waals surface area contributed by atoms with Crippen molar-refractivity contribution < 1.29 is 38.4 Å². The Morgan fingerprint density at radius 2 is 1.45 bits per heavy atom. The zero-order valence-corrected chi connectivity index (χ0v) is 27.9. The molecule has 0 saturated carbocycles. The molecule has 2 atom stereocenters. The normalized spacial score (nSPS) is 12.7. The highest BCUT2D eigenvalue weighted by atomic mass is 16.6. The summed E-state index contributed by atoms with van der Waals surface area (Å²) in [6.45, 7) is 1.26. The molecule has 1 unspecified atom stereocenters. The fourth-order valence-electron chi connectivity index (χ4n) is 5.62. The molecule has 0 aliphatic heterocycles. The minimum absolute atomic E-state index is 0.367. The van der Waals surface area contributed by atoms with Crippen molar-refractivity contribution in [1.29, 1.82) is 0 Å². The summed E-state index contributed by atoms with van der Waals surface area (Å²) in [5, 5.41) is 8.28. The molecular weight excluding hydrogens is 626 g/mol. The molecule has 258 valence electrons. The van der Waals surface area contributed by atoms with E-state index in [1.54, 1.807) is 50.6 Å². The van der Waals surface area contributed by atoms with Gasteiger partial charge in [0.25, 0.3) is 5.91 Å². The zero-order chi connectivity index (χ0) is 35.3. The molecule has 0 heterocycles. The Morgan fingerprint density at radius 3 is 2.00 bits per heavy atom. The third-order valence-electron chi connectivity index (χ3n) is 8.15. The molecule has 4 aromatic carbocycles. The van der Waals surface area contributed by atoms with Crippen molar-refractivity contribution in [1.82, 2.24) is 4.90 Å². The van der Waals surface area contributed by atoms with Crippen LogP contribution in [-0.4, -0.2) is 61.5 Å². The number of nitrogens with zero attached hydrogens (tertiary/aromatic N) is 1. The number of hydrogen-bond acceptors (Lipinski definition) is 9. The highest BCUT2D eigenvalue weighted by molar-refractivity contribution is 5.93. The second-order valence-corrected chi connectivity index (χ2v) is 11.3. The number of benzene rings is 4. The van der Waals surface area contributed by atoms with E-state index < -0.39 is 30.1 Å². The fraction of sp³-hybridized carbons (Fsp3) is 0.289. The molecule has 11 heteroatoms. The number of aliphatic carboxylic acids is 1. The number of amides is 2. The van der Waals surface area contributed by atoms with Gasteiger partial charge in [-0.15, -0.1) is 0 Å². The maximum absolute atomic E-state index is 13.6. The standard InChI is InChI=1S/C32H30N2O6.C6H13NO2/c1-37-22-16-17-27(28(18-22)38-2)31(30-25-14-8-6-12-23(25)24-13-7-9-15-26(24)30)40-32(36)34(20-33)29(35)19-39-21-10-4-3-5-11-21;1-2-3-4-5(7)6(8)9/h3-18,30-31H,19-20,33H2,1-2H3;5H,2-4,7H2,1H3,(H,8,9)/t;5-/m.0/s1. The van der Waals surface area contributed by atoms with Crippen LogP contribution < -0.4 is 25.7 Å². The van der Waals surface area contributed by atoms with E-state index in [1.165, 1.54) is 0 Å². The van der Waals surface area contributed by atoms with Gasteiger partial charge in [-0.25, -0.2) is 9.69 Å². The molecule has 1 aliphatic rings. The minimum atomic E-state index is -0.900. The van der Waals surface area contributed by atoms with Gasteiger partial charge in [-0.2, -0.15) is 0 Å². The van der Waals surface area contributed by atoms with Crippen molar-refractivity contribution in [3.05, 3.63) is 114 Å². The number of hydrogen-bond donors (Lipinski definition) is 3. The van der Waals surface area contributed by atoms with E-state index in [-0.39, 0.29) is 19.2 Å². The Morgan fingerprint density at radius 1 is 0.837 bits per heavy atom. The molecule has 0 saturated heterocycles. The number of carbonyl (C=O) groups excluding carboxylic acids is 2. The van der Waals surface area contributed by atoms with Crippen molar-refractivity contribution in [3.63, 3.8) is 0 Å². The van der Waals surface area contributed by atoms with Gasteiger partial charge in [-0.3, -0.25) is 9.59 Å². The first-order valence-corrected chi connectivity index (χ1v) is 16.0. The maximum Gasteiger partial charge on any atom is 0.418 e. The van der Waals surface area contributed by atoms with Gasteiger partial charge in [0.1, 0.15) is 29.4 Å². The number of fused-ring (bicyclic) bond motifs is 3. The van der Waals surface area contributed by atoms with Crippen LogP contribution in [0.4, 0.5) is 4.79 Å². The van der Waals surface area contributed by atoms with Crippen LogP contribution in [0.1, 0.15) is 54.9 Å². The number of carboxylic acid groups (broad SMARTS) is 1. The van der Waals surface area contributed by atoms with Crippen molar-refractivity contribution in [2.75, 3.05) is 27.5 Å². The Kier molecular flexibility index (Phi) is 13.1. The Hall–Kier alpha value is -5.39. The smallest absolute Gasteiger partial charge is 0.418 e.